The first kappa shape index (κ1) is 18.3. The molecule has 1 aromatic rings. The molecular formula is C14H19NO8S. The van der Waals surface area contributed by atoms with E-state index in [0.29, 0.717) is 0 Å². The zero-order valence-corrected chi connectivity index (χ0v) is 14.4. The summed E-state index contributed by atoms with van der Waals surface area (Å²) in [7, 11) is -0.176. The summed E-state index contributed by atoms with van der Waals surface area (Å²) < 4.78 is 47.6. The van der Waals surface area contributed by atoms with Crippen LogP contribution in [0.4, 0.5) is 0 Å². The predicted octanol–water partition coefficient (Wildman–Crippen LogP) is 0.432. The topological polar surface area (TPSA) is 112 Å². The maximum Gasteiger partial charge on any atom is 0.339 e. The Kier molecular flexibility index (Phi) is 5.52. The monoisotopic (exact) mass is 361 g/mol. The average Bonchev–Trinajstić information content (AvgIpc) is 2.60. The number of aromatic carboxylic acids is 1. The minimum Gasteiger partial charge on any atom is -0.492 e. The van der Waals surface area contributed by atoms with E-state index < -0.39 is 16.0 Å². The summed E-state index contributed by atoms with van der Waals surface area (Å²) in [4.78, 5) is 11.2. The first-order valence-corrected chi connectivity index (χ1v) is 8.46. The Hall–Kier alpha value is -2.04. The number of ether oxygens (including phenoxy) is 4. The van der Waals surface area contributed by atoms with Crippen molar-refractivity contribution in [1.29, 1.82) is 0 Å². The van der Waals surface area contributed by atoms with E-state index in [1.54, 1.807) is 0 Å². The van der Waals surface area contributed by atoms with Gasteiger partial charge < -0.3 is 24.1 Å². The van der Waals surface area contributed by atoms with Gasteiger partial charge in [0.1, 0.15) is 10.5 Å². The molecule has 1 saturated heterocycles. The number of methoxy groups -OCH3 is 3. The first-order valence-electron chi connectivity index (χ1n) is 7.02. The van der Waals surface area contributed by atoms with E-state index in [1.165, 1.54) is 25.6 Å². The van der Waals surface area contributed by atoms with Crippen molar-refractivity contribution in [3.8, 4) is 17.2 Å². The third-order valence-corrected chi connectivity index (χ3v) is 5.49. The third-order valence-electron chi connectivity index (χ3n) is 3.59. The molecule has 0 aliphatic carbocycles. The minimum absolute atomic E-state index is 0.0910. The molecule has 0 radical (unpaired) electrons. The first-order chi connectivity index (χ1) is 11.4. The Bertz CT molecular complexity index is 725. The van der Waals surface area contributed by atoms with E-state index in [9.17, 15) is 18.3 Å². The van der Waals surface area contributed by atoms with Gasteiger partial charge in [0.15, 0.2) is 11.5 Å². The fourth-order valence-corrected chi connectivity index (χ4v) is 4.04. The third kappa shape index (κ3) is 3.12. The number of rotatable bonds is 6. The highest BCUT2D eigenvalue weighted by Crippen LogP contribution is 2.45. The largest absolute Gasteiger partial charge is 0.492 e. The predicted molar refractivity (Wildman–Crippen MR) is 82.6 cm³/mol. The van der Waals surface area contributed by atoms with E-state index in [-0.39, 0.29) is 54.0 Å². The zero-order valence-electron chi connectivity index (χ0n) is 13.6. The highest BCUT2D eigenvalue weighted by Gasteiger charge is 2.34. The molecule has 9 nitrogen and oxygen atoms in total. The van der Waals surface area contributed by atoms with E-state index in [0.717, 1.165) is 6.07 Å². The van der Waals surface area contributed by atoms with Crippen LogP contribution in [0.2, 0.25) is 0 Å². The van der Waals surface area contributed by atoms with Gasteiger partial charge in [0, 0.05) is 13.1 Å². The number of morpholine rings is 1. The normalized spacial score (nSPS) is 15.8. The van der Waals surface area contributed by atoms with Gasteiger partial charge in [-0.2, -0.15) is 4.31 Å². The van der Waals surface area contributed by atoms with Crippen LogP contribution in [0.3, 0.4) is 0 Å². The van der Waals surface area contributed by atoms with Crippen molar-refractivity contribution >= 4 is 16.0 Å². The molecule has 24 heavy (non-hydrogen) atoms. The van der Waals surface area contributed by atoms with Gasteiger partial charge >= 0.3 is 5.97 Å². The summed E-state index contributed by atoms with van der Waals surface area (Å²) in [5.41, 5.74) is -0.331. The van der Waals surface area contributed by atoms with Crippen LogP contribution < -0.4 is 14.2 Å². The molecule has 0 saturated carbocycles. The SMILES string of the molecule is COc1c(C(=O)O)cc(S(=O)(=O)N2CCOCC2)c(OC)c1OC. The number of hydrogen-bond acceptors (Lipinski definition) is 7. The molecule has 1 aromatic carbocycles. The Morgan fingerprint density at radius 3 is 2.08 bits per heavy atom. The Morgan fingerprint density at radius 2 is 1.62 bits per heavy atom. The quantitative estimate of drug-likeness (QED) is 0.776. The van der Waals surface area contributed by atoms with Crippen molar-refractivity contribution in [2.24, 2.45) is 0 Å². The van der Waals surface area contributed by atoms with E-state index in [1.807, 2.05) is 0 Å². The zero-order chi connectivity index (χ0) is 17.9. The van der Waals surface area contributed by atoms with Crippen molar-refractivity contribution in [3.05, 3.63) is 11.6 Å². The lowest BCUT2D eigenvalue weighted by atomic mass is 10.1. The van der Waals surface area contributed by atoms with Crippen molar-refractivity contribution < 1.29 is 37.3 Å². The molecule has 134 valence electrons. The smallest absolute Gasteiger partial charge is 0.339 e. The highest BCUT2D eigenvalue weighted by molar-refractivity contribution is 7.89. The minimum atomic E-state index is -3.99. The second-order valence-corrected chi connectivity index (χ2v) is 6.75. The van der Waals surface area contributed by atoms with Crippen molar-refractivity contribution in [2.45, 2.75) is 4.90 Å². The lowest BCUT2D eigenvalue weighted by Gasteiger charge is -2.27. The van der Waals surface area contributed by atoms with Crippen LogP contribution in [0.5, 0.6) is 17.2 Å². The Labute approximate surface area is 139 Å². The molecular weight excluding hydrogens is 342 g/mol. The number of carboxylic acid groups (broad SMARTS) is 1. The standard InChI is InChI=1S/C14H19NO8S/c1-20-11-9(14(16)17)8-10(12(21-2)13(11)22-3)24(18,19)15-4-6-23-7-5-15/h8H,4-7H2,1-3H3,(H,16,17). The molecule has 10 heteroatoms. The lowest BCUT2D eigenvalue weighted by Crippen LogP contribution is -2.40. The molecule has 0 atom stereocenters. The van der Waals surface area contributed by atoms with E-state index >= 15 is 0 Å². The van der Waals surface area contributed by atoms with Crippen molar-refractivity contribution in [3.63, 3.8) is 0 Å². The summed E-state index contributed by atoms with van der Waals surface area (Å²) in [5, 5.41) is 9.38. The van der Waals surface area contributed by atoms with Crippen LogP contribution >= 0.6 is 0 Å². The van der Waals surface area contributed by atoms with Gasteiger partial charge in [-0.05, 0) is 6.07 Å². The van der Waals surface area contributed by atoms with Gasteiger partial charge in [-0.1, -0.05) is 0 Å². The van der Waals surface area contributed by atoms with Crippen LogP contribution in [-0.4, -0.2) is 71.4 Å². The number of sulfonamides is 1. The number of carbonyl (C=O) groups is 1. The number of nitrogens with zero attached hydrogens (tertiary/aromatic N) is 1. The summed E-state index contributed by atoms with van der Waals surface area (Å²) >= 11 is 0. The second-order valence-electron chi connectivity index (χ2n) is 4.84. The fraction of sp³-hybridized carbons (Fsp3) is 0.500. The van der Waals surface area contributed by atoms with Gasteiger partial charge in [-0.15, -0.1) is 0 Å². The second kappa shape index (κ2) is 7.24. The van der Waals surface area contributed by atoms with Crippen LogP contribution in [-0.2, 0) is 14.8 Å². The summed E-state index contributed by atoms with van der Waals surface area (Å²) in [6.45, 7) is 0.867. The van der Waals surface area contributed by atoms with Crippen molar-refractivity contribution in [2.75, 3.05) is 47.6 Å². The molecule has 2 rings (SSSR count). The molecule has 1 fully saturated rings. The summed E-state index contributed by atoms with van der Waals surface area (Å²) in [6.07, 6.45) is 0. The van der Waals surface area contributed by atoms with Crippen LogP contribution in [0.25, 0.3) is 0 Å². The maximum atomic E-state index is 12.9. The summed E-state index contributed by atoms with van der Waals surface area (Å²) in [6, 6.07) is 1.02. The lowest BCUT2D eigenvalue weighted by molar-refractivity contribution is 0.0691. The molecule has 1 aliphatic rings. The Morgan fingerprint density at radius 1 is 1.08 bits per heavy atom. The highest BCUT2D eigenvalue weighted by atomic mass is 32.2. The molecule has 0 unspecified atom stereocenters. The molecule has 1 N–H and O–H groups in total. The van der Waals surface area contributed by atoms with Gasteiger partial charge in [0.2, 0.25) is 15.8 Å². The van der Waals surface area contributed by atoms with Gasteiger partial charge in [-0.25, -0.2) is 13.2 Å². The van der Waals surface area contributed by atoms with Crippen LogP contribution in [0.1, 0.15) is 10.4 Å². The van der Waals surface area contributed by atoms with E-state index in [2.05, 4.69) is 0 Å². The van der Waals surface area contributed by atoms with E-state index in [4.69, 9.17) is 18.9 Å². The molecule has 0 aromatic heterocycles. The summed E-state index contributed by atoms with van der Waals surface area (Å²) in [5.74, 6) is -1.65. The molecule has 0 spiro atoms. The Balaban J connectivity index is 2.72. The molecule has 0 bridgehead atoms. The van der Waals surface area contributed by atoms with Gasteiger partial charge in [0.05, 0.1) is 34.5 Å². The molecule has 0 amide bonds. The molecule has 1 aliphatic heterocycles. The maximum absolute atomic E-state index is 12.9. The van der Waals surface area contributed by atoms with Gasteiger partial charge in [-0.3, -0.25) is 0 Å². The fourth-order valence-electron chi connectivity index (χ4n) is 2.46. The van der Waals surface area contributed by atoms with Gasteiger partial charge in [0.25, 0.3) is 0 Å². The average molecular weight is 361 g/mol. The number of carboxylic acids is 1. The number of hydrogen-bond donors (Lipinski definition) is 1. The molecule has 1 heterocycles. The number of benzene rings is 1. The van der Waals surface area contributed by atoms with Crippen LogP contribution in [0, 0.1) is 0 Å². The van der Waals surface area contributed by atoms with Crippen LogP contribution in [0.15, 0.2) is 11.0 Å². The van der Waals surface area contributed by atoms with Crippen molar-refractivity contribution in [1.82, 2.24) is 4.31 Å².